The number of hydrogen-bond acceptors (Lipinski definition) is 6. The van der Waals surface area contributed by atoms with Gasteiger partial charge in [-0.15, -0.1) is 0 Å². The Bertz CT molecular complexity index is 673. The summed E-state index contributed by atoms with van der Waals surface area (Å²) in [5, 5.41) is 8.78. The van der Waals surface area contributed by atoms with Gasteiger partial charge in [0, 0.05) is 18.3 Å². The molecule has 1 aromatic heterocycles. The van der Waals surface area contributed by atoms with Crippen molar-refractivity contribution in [1.29, 1.82) is 5.53 Å². The molecule has 2 rings (SSSR count). The monoisotopic (exact) mass is 312 g/mol. The molecule has 1 atom stereocenters. The Hall–Kier alpha value is -2.80. The van der Waals surface area contributed by atoms with Gasteiger partial charge in [0.1, 0.15) is 11.9 Å². The average Bonchev–Trinajstić information content (AvgIpc) is 2.58. The summed E-state index contributed by atoms with van der Waals surface area (Å²) in [7, 11) is 1.61. The molecular weight excluding hydrogens is 292 g/mol. The number of oxime groups is 1. The van der Waals surface area contributed by atoms with Crippen molar-refractivity contribution < 1.29 is 4.84 Å². The number of hydrogen-bond donors (Lipinski definition) is 2. The van der Waals surface area contributed by atoms with Gasteiger partial charge < -0.3 is 10.6 Å². The molecule has 0 aliphatic heterocycles. The van der Waals surface area contributed by atoms with Crippen LogP contribution in [0, 0.1) is 12.5 Å². The van der Waals surface area contributed by atoms with Crippen LogP contribution < -0.4 is 5.73 Å². The van der Waals surface area contributed by atoms with E-state index in [-0.39, 0.29) is 6.61 Å². The van der Waals surface area contributed by atoms with E-state index in [2.05, 4.69) is 15.4 Å². The SMILES string of the molecule is Cc1cccc(CO/N=C(/c2ccccc2)C(N)N(C)N=N)n1. The lowest BCUT2D eigenvalue weighted by Crippen LogP contribution is -2.43. The van der Waals surface area contributed by atoms with E-state index in [9.17, 15) is 0 Å². The van der Waals surface area contributed by atoms with Crippen LogP contribution in [0.1, 0.15) is 17.0 Å². The molecule has 2 aromatic rings. The molecule has 0 radical (unpaired) electrons. The maximum Gasteiger partial charge on any atom is 0.159 e. The minimum Gasteiger partial charge on any atom is -0.389 e. The second-order valence-electron chi connectivity index (χ2n) is 5.00. The van der Waals surface area contributed by atoms with Crippen molar-refractivity contribution in [2.75, 3.05) is 7.05 Å². The number of nitrogens with one attached hydrogen (secondary N) is 1. The van der Waals surface area contributed by atoms with Crippen LogP contribution in [0.4, 0.5) is 0 Å². The summed E-state index contributed by atoms with van der Waals surface area (Å²) >= 11 is 0. The third-order valence-corrected chi connectivity index (χ3v) is 3.23. The molecule has 0 saturated carbocycles. The fourth-order valence-electron chi connectivity index (χ4n) is 1.97. The lowest BCUT2D eigenvalue weighted by molar-refractivity contribution is 0.124. The number of likely N-dealkylation sites (N-methyl/N-ethyl adjacent to an activating group) is 1. The number of nitrogens with two attached hydrogens (primary N) is 1. The van der Waals surface area contributed by atoms with Crippen LogP contribution in [0.25, 0.3) is 0 Å². The van der Waals surface area contributed by atoms with Crippen LogP contribution in [-0.2, 0) is 11.4 Å². The van der Waals surface area contributed by atoms with E-state index in [1.165, 1.54) is 5.01 Å². The van der Waals surface area contributed by atoms with Crippen molar-refractivity contribution >= 4 is 5.71 Å². The molecule has 3 N–H and O–H groups in total. The lowest BCUT2D eigenvalue weighted by atomic mass is 10.1. The fourth-order valence-corrected chi connectivity index (χ4v) is 1.97. The Morgan fingerprint density at radius 1 is 1.26 bits per heavy atom. The molecule has 0 saturated heterocycles. The topological polar surface area (TPSA) is 100.0 Å². The zero-order valence-electron chi connectivity index (χ0n) is 13.2. The zero-order valence-corrected chi connectivity index (χ0v) is 13.2. The van der Waals surface area contributed by atoms with Gasteiger partial charge in [0.2, 0.25) is 0 Å². The Morgan fingerprint density at radius 3 is 2.65 bits per heavy atom. The highest BCUT2D eigenvalue weighted by atomic mass is 16.6. The van der Waals surface area contributed by atoms with Gasteiger partial charge >= 0.3 is 0 Å². The maximum absolute atomic E-state index is 7.10. The molecule has 7 heteroatoms. The highest BCUT2D eigenvalue weighted by molar-refractivity contribution is 6.03. The van der Waals surface area contributed by atoms with Crippen molar-refractivity contribution in [1.82, 2.24) is 9.99 Å². The fraction of sp³-hybridized carbons (Fsp3) is 0.250. The predicted octanol–water partition coefficient (Wildman–Crippen LogP) is 2.47. The first-order chi connectivity index (χ1) is 11.1. The van der Waals surface area contributed by atoms with Gasteiger partial charge in [-0.2, -0.15) is 5.53 Å². The van der Waals surface area contributed by atoms with Crippen LogP contribution >= 0.6 is 0 Å². The smallest absolute Gasteiger partial charge is 0.159 e. The van der Waals surface area contributed by atoms with Gasteiger partial charge in [-0.05, 0) is 19.1 Å². The van der Waals surface area contributed by atoms with Gasteiger partial charge in [-0.1, -0.05) is 46.8 Å². The summed E-state index contributed by atoms with van der Waals surface area (Å²) in [6, 6.07) is 15.1. The number of rotatable bonds is 7. The molecule has 0 aliphatic rings. The predicted molar refractivity (Wildman–Crippen MR) is 87.6 cm³/mol. The Labute approximate surface area is 135 Å². The maximum atomic E-state index is 7.10. The average molecular weight is 312 g/mol. The number of aromatic nitrogens is 1. The first-order valence-corrected chi connectivity index (χ1v) is 7.15. The van der Waals surface area contributed by atoms with E-state index in [0.29, 0.717) is 5.71 Å². The van der Waals surface area contributed by atoms with Crippen LogP contribution in [0.5, 0.6) is 0 Å². The van der Waals surface area contributed by atoms with Crippen molar-refractivity contribution in [2.24, 2.45) is 16.1 Å². The number of pyridine rings is 1. The summed E-state index contributed by atoms with van der Waals surface area (Å²) in [4.78, 5) is 9.78. The lowest BCUT2D eigenvalue weighted by Gasteiger charge is -2.21. The molecule has 120 valence electrons. The number of aryl methyl sites for hydroxylation is 1. The van der Waals surface area contributed by atoms with Gasteiger partial charge in [0.25, 0.3) is 0 Å². The molecule has 7 nitrogen and oxygen atoms in total. The molecule has 0 spiro atoms. The summed E-state index contributed by atoms with van der Waals surface area (Å²) in [5.74, 6) is 0. The van der Waals surface area contributed by atoms with Crippen LogP contribution in [-0.4, -0.2) is 28.9 Å². The summed E-state index contributed by atoms with van der Waals surface area (Å²) in [6.45, 7) is 2.16. The van der Waals surface area contributed by atoms with Crippen molar-refractivity contribution in [3.63, 3.8) is 0 Å². The Balaban J connectivity index is 2.18. The second-order valence-corrected chi connectivity index (χ2v) is 5.00. The minimum absolute atomic E-state index is 0.243. The molecular formula is C16H20N6O. The van der Waals surface area contributed by atoms with Gasteiger partial charge in [-0.3, -0.25) is 9.99 Å². The third kappa shape index (κ3) is 4.58. The quantitative estimate of drug-likeness (QED) is 0.355. The van der Waals surface area contributed by atoms with Gasteiger partial charge in [0.05, 0.1) is 5.69 Å². The zero-order chi connectivity index (χ0) is 16.7. The first-order valence-electron chi connectivity index (χ1n) is 7.15. The highest BCUT2D eigenvalue weighted by Crippen LogP contribution is 2.08. The van der Waals surface area contributed by atoms with E-state index >= 15 is 0 Å². The Morgan fingerprint density at radius 2 is 2.00 bits per heavy atom. The van der Waals surface area contributed by atoms with Crippen LogP contribution in [0.2, 0.25) is 0 Å². The van der Waals surface area contributed by atoms with E-state index in [4.69, 9.17) is 16.1 Å². The molecule has 0 bridgehead atoms. The van der Waals surface area contributed by atoms with Crippen LogP contribution in [0.15, 0.2) is 58.9 Å². The Kier molecular flexibility index (Phi) is 5.76. The van der Waals surface area contributed by atoms with E-state index in [1.54, 1.807) is 7.05 Å². The minimum atomic E-state index is -0.680. The normalized spacial score (nSPS) is 12.6. The molecule has 0 amide bonds. The highest BCUT2D eigenvalue weighted by Gasteiger charge is 2.18. The standard InChI is InChI=1S/C16H20N6O/c1-12-7-6-10-14(19-12)11-23-20-15(16(17)22(2)21-18)13-8-4-3-5-9-13/h3-10,16,18H,11,17H2,1-2H3/b20-15-,21-18?. The summed E-state index contributed by atoms with van der Waals surface area (Å²) in [6.07, 6.45) is -0.680. The third-order valence-electron chi connectivity index (χ3n) is 3.23. The largest absolute Gasteiger partial charge is 0.389 e. The molecule has 23 heavy (non-hydrogen) atoms. The molecule has 1 aromatic carbocycles. The van der Waals surface area contributed by atoms with Crippen molar-refractivity contribution in [2.45, 2.75) is 19.7 Å². The summed E-state index contributed by atoms with van der Waals surface area (Å²) < 4.78 is 0. The second kappa shape index (κ2) is 8.00. The van der Waals surface area contributed by atoms with Crippen LogP contribution in [0.3, 0.4) is 0 Å². The molecule has 0 fully saturated rings. The molecule has 1 unspecified atom stereocenters. The molecule has 0 aliphatic carbocycles. The van der Waals surface area contributed by atoms with E-state index in [1.807, 2.05) is 55.5 Å². The number of nitrogens with zero attached hydrogens (tertiary/aromatic N) is 4. The molecule has 1 heterocycles. The van der Waals surface area contributed by atoms with Gasteiger partial charge in [0.15, 0.2) is 6.61 Å². The van der Waals surface area contributed by atoms with Crippen molar-refractivity contribution in [3.05, 3.63) is 65.5 Å². The summed E-state index contributed by atoms with van der Waals surface area (Å²) in [5.41, 5.74) is 16.2. The number of benzene rings is 1. The van der Waals surface area contributed by atoms with Crippen molar-refractivity contribution in [3.8, 4) is 0 Å². The van der Waals surface area contributed by atoms with E-state index < -0.39 is 6.17 Å². The first kappa shape index (κ1) is 16.6. The van der Waals surface area contributed by atoms with E-state index in [0.717, 1.165) is 17.0 Å². The van der Waals surface area contributed by atoms with Gasteiger partial charge in [-0.25, -0.2) is 0 Å².